The van der Waals surface area contributed by atoms with Crippen LogP contribution in [0.4, 0.5) is 0 Å². The molecule has 0 spiro atoms. The Labute approximate surface area is 146 Å². The predicted molar refractivity (Wildman–Crippen MR) is 95.3 cm³/mol. The van der Waals surface area contributed by atoms with E-state index in [1.165, 1.54) is 0 Å². The third-order valence-corrected chi connectivity index (χ3v) is 4.74. The Kier molecular flexibility index (Phi) is 4.17. The fraction of sp³-hybridized carbons (Fsp3) is 0.368. The van der Waals surface area contributed by atoms with Crippen molar-refractivity contribution < 1.29 is 4.79 Å². The summed E-state index contributed by atoms with van der Waals surface area (Å²) in [6.07, 6.45) is 8.02. The lowest BCUT2D eigenvalue weighted by atomic mass is 10.2. The van der Waals surface area contributed by atoms with Gasteiger partial charge in [0.05, 0.1) is 6.04 Å². The molecule has 128 valence electrons. The molecule has 1 amide bonds. The number of hydrogen-bond donors (Lipinski definition) is 0. The molecule has 0 saturated carbocycles. The lowest BCUT2D eigenvalue weighted by molar-refractivity contribution is 0.0787. The van der Waals surface area contributed by atoms with Gasteiger partial charge in [0.1, 0.15) is 11.3 Å². The first-order chi connectivity index (χ1) is 12.3. The number of nitrogens with zero attached hydrogens (tertiary/aromatic N) is 5. The van der Waals surface area contributed by atoms with Gasteiger partial charge in [-0.05, 0) is 37.1 Å². The number of pyridine rings is 2. The number of imidazole rings is 1. The summed E-state index contributed by atoms with van der Waals surface area (Å²) in [5.74, 6) is 1.14. The normalized spacial score (nSPS) is 17.3. The maximum atomic E-state index is 12.7. The van der Waals surface area contributed by atoms with Gasteiger partial charge >= 0.3 is 0 Å². The molecule has 6 heteroatoms. The maximum Gasteiger partial charge on any atom is 0.254 e. The fourth-order valence-corrected chi connectivity index (χ4v) is 3.57. The summed E-state index contributed by atoms with van der Waals surface area (Å²) in [7, 11) is 0. The molecule has 0 aliphatic carbocycles. The standard InChI is InChI=1S/C19H21N5O/c1-2-4-17-22-16-5-3-9-21-18(16)24(17)15-8-12-23(13-15)19(25)14-6-10-20-11-7-14/h3,5-7,9-11,15H,2,4,8,12-13H2,1H3. The van der Waals surface area contributed by atoms with Gasteiger partial charge in [0.25, 0.3) is 5.91 Å². The molecule has 1 unspecified atom stereocenters. The minimum atomic E-state index is 0.0688. The van der Waals surface area contributed by atoms with Crippen LogP contribution >= 0.6 is 0 Å². The van der Waals surface area contributed by atoms with Crippen LogP contribution in [0.2, 0.25) is 0 Å². The van der Waals surface area contributed by atoms with Crippen molar-refractivity contribution in [1.82, 2.24) is 24.4 Å². The zero-order chi connectivity index (χ0) is 17.2. The molecule has 3 aromatic heterocycles. The molecule has 1 atom stereocenters. The smallest absolute Gasteiger partial charge is 0.254 e. The Bertz CT molecular complexity index is 889. The van der Waals surface area contributed by atoms with Crippen molar-refractivity contribution in [1.29, 1.82) is 0 Å². The van der Waals surface area contributed by atoms with E-state index in [1.54, 1.807) is 24.5 Å². The number of amides is 1. The van der Waals surface area contributed by atoms with Crippen molar-refractivity contribution in [3.63, 3.8) is 0 Å². The topological polar surface area (TPSA) is 63.9 Å². The van der Waals surface area contributed by atoms with E-state index in [0.29, 0.717) is 12.1 Å². The van der Waals surface area contributed by atoms with E-state index in [4.69, 9.17) is 4.98 Å². The first-order valence-corrected chi connectivity index (χ1v) is 8.79. The van der Waals surface area contributed by atoms with Crippen LogP contribution in [0.5, 0.6) is 0 Å². The van der Waals surface area contributed by atoms with Gasteiger partial charge in [0.2, 0.25) is 0 Å². The summed E-state index contributed by atoms with van der Waals surface area (Å²) < 4.78 is 2.25. The molecule has 1 saturated heterocycles. The number of hydrogen-bond acceptors (Lipinski definition) is 4. The maximum absolute atomic E-state index is 12.7. The minimum absolute atomic E-state index is 0.0688. The molecule has 4 rings (SSSR count). The van der Waals surface area contributed by atoms with Crippen molar-refractivity contribution in [2.24, 2.45) is 0 Å². The van der Waals surface area contributed by atoms with Crippen molar-refractivity contribution >= 4 is 17.1 Å². The highest BCUT2D eigenvalue weighted by Gasteiger charge is 2.30. The molecular weight excluding hydrogens is 314 g/mol. The number of carbonyl (C=O) groups excluding carboxylic acids is 1. The number of carbonyl (C=O) groups is 1. The first-order valence-electron chi connectivity index (χ1n) is 8.79. The molecule has 25 heavy (non-hydrogen) atoms. The van der Waals surface area contributed by atoms with E-state index < -0.39 is 0 Å². The average Bonchev–Trinajstić information content (AvgIpc) is 3.26. The van der Waals surface area contributed by atoms with Gasteiger partial charge in [0, 0.05) is 43.7 Å². The highest BCUT2D eigenvalue weighted by atomic mass is 16.2. The Hall–Kier alpha value is -2.76. The quantitative estimate of drug-likeness (QED) is 0.735. The van der Waals surface area contributed by atoms with Crippen LogP contribution in [-0.4, -0.2) is 43.4 Å². The van der Waals surface area contributed by atoms with Crippen LogP contribution in [0, 0.1) is 0 Å². The molecule has 0 N–H and O–H groups in total. The summed E-state index contributed by atoms with van der Waals surface area (Å²) in [6.45, 7) is 3.61. The van der Waals surface area contributed by atoms with Gasteiger partial charge in [-0.1, -0.05) is 6.92 Å². The molecule has 0 radical (unpaired) electrons. The number of aromatic nitrogens is 4. The van der Waals surface area contributed by atoms with Crippen LogP contribution in [0.25, 0.3) is 11.2 Å². The molecule has 1 fully saturated rings. The highest BCUT2D eigenvalue weighted by molar-refractivity contribution is 5.94. The number of likely N-dealkylation sites (tertiary alicyclic amines) is 1. The molecule has 6 nitrogen and oxygen atoms in total. The second-order valence-electron chi connectivity index (χ2n) is 6.42. The van der Waals surface area contributed by atoms with Crippen LogP contribution in [0.15, 0.2) is 42.9 Å². The number of rotatable bonds is 4. The van der Waals surface area contributed by atoms with Gasteiger partial charge in [-0.3, -0.25) is 9.78 Å². The summed E-state index contributed by atoms with van der Waals surface area (Å²) in [4.78, 5) is 27.9. The molecular formula is C19H21N5O. The zero-order valence-corrected chi connectivity index (χ0v) is 14.3. The van der Waals surface area contributed by atoms with Crippen molar-refractivity contribution in [2.75, 3.05) is 13.1 Å². The van der Waals surface area contributed by atoms with Gasteiger partial charge in [-0.15, -0.1) is 0 Å². The minimum Gasteiger partial charge on any atom is -0.336 e. The molecule has 3 aromatic rings. The van der Waals surface area contributed by atoms with E-state index in [9.17, 15) is 4.79 Å². The van der Waals surface area contributed by atoms with Crippen LogP contribution in [0.3, 0.4) is 0 Å². The first kappa shape index (κ1) is 15.7. The van der Waals surface area contributed by atoms with Crippen molar-refractivity contribution in [2.45, 2.75) is 32.2 Å². The third kappa shape index (κ3) is 2.88. The molecule has 0 aromatic carbocycles. The van der Waals surface area contributed by atoms with E-state index in [2.05, 4.69) is 21.5 Å². The molecule has 4 heterocycles. The van der Waals surface area contributed by atoms with Crippen LogP contribution in [-0.2, 0) is 6.42 Å². The van der Waals surface area contributed by atoms with E-state index in [0.717, 1.165) is 42.8 Å². The SMILES string of the molecule is CCCc1nc2cccnc2n1C1CCN(C(=O)c2ccncc2)C1. The predicted octanol–water partition coefficient (Wildman–Crippen LogP) is 2.87. The Morgan fingerprint density at radius 3 is 2.88 bits per heavy atom. The summed E-state index contributed by atoms with van der Waals surface area (Å²) >= 11 is 0. The van der Waals surface area contributed by atoms with Gasteiger partial charge in [-0.2, -0.15) is 0 Å². The van der Waals surface area contributed by atoms with E-state index in [1.807, 2.05) is 23.2 Å². The lowest BCUT2D eigenvalue weighted by Gasteiger charge is -2.18. The Morgan fingerprint density at radius 1 is 1.24 bits per heavy atom. The summed E-state index contributed by atoms with van der Waals surface area (Å²) in [6, 6.07) is 7.70. The van der Waals surface area contributed by atoms with Crippen LogP contribution in [0.1, 0.15) is 42.0 Å². The third-order valence-electron chi connectivity index (χ3n) is 4.74. The Balaban J connectivity index is 1.62. The van der Waals surface area contributed by atoms with Gasteiger partial charge in [-0.25, -0.2) is 9.97 Å². The monoisotopic (exact) mass is 335 g/mol. The Morgan fingerprint density at radius 2 is 2.08 bits per heavy atom. The number of fused-ring (bicyclic) bond motifs is 1. The lowest BCUT2D eigenvalue weighted by Crippen LogP contribution is -2.29. The molecule has 1 aliphatic rings. The van der Waals surface area contributed by atoms with Gasteiger partial charge in [0.15, 0.2) is 5.65 Å². The largest absolute Gasteiger partial charge is 0.336 e. The fourth-order valence-electron chi connectivity index (χ4n) is 3.57. The molecule has 0 bridgehead atoms. The summed E-state index contributed by atoms with van der Waals surface area (Å²) in [5.41, 5.74) is 2.55. The second kappa shape index (κ2) is 6.63. The van der Waals surface area contributed by atoms with Crippen molar-refractivity contribution in [3.05, 3.63) is 54.2 Å². The highest BCUT2D eigenvalue weighted by Crippen LogP contribution is 2.28. The van der Waals surface area contributed by atoms with Crippen LogP contribution < -0.4 is 0 Å². The summed E-state index contributed by atoms with van der Waals surface area (Å²) in [5, 5.41) is 0. The second-order valence-corrected chi connectivity index (χ2v) is 6.42. The molecule has 1 aliphatic heterocycles. The van der Waals surface area contributed by atoms with E-state index >= 15 is 0 Å². The van der Waals surface area contributed by atoms with E-state index in [-0.39, 0.29) is 11.9 Å². The van der Waals surface area contributed by atoms with Crippen molar-refractivity contribution in [3.8, 4) is 0 Å². The zero-order valence-electron chi connectivity index (χ0n) is 14.3. The average molecular weight is 335 g/mol. The van der Waals surface area contributed by atoms with Gasteiger partial charge < -0.3 is 9.47 Å². The number of aryl methyl sites for hydroxylation is 1.